The number of rotatable bonds is 6. The molecule has 0 aromatic heterocycles. The van der Waals surface area contributed by atoms with Gasteiger partial charge in [0.15, 0.2) is 0 Å². The smallest absolute Gasteiger partial charge is 0.317 e. The zero-order valence-corrected chi connectivity index (χ0v) is 14.8. The Balaban J connectivity index is 1.55. The van der Waals surface area contributed by atoms with Gasteiger partial charge in [-0.1, -0.05) is 6.92 Å². The van der Waals surface area contributed by atoms with E-state index < -0.39 is 17.6 Å². The van der Waals surface area contributed by atoms with Crippen LogP contribution >= 0.6 is 0 Å². The van der Waals surface area contributed by atoms with E-state index in [1.807, 2.05) is 11.8 Å². The number of hydrogen-bond donors (Lipinski definition) is 1. The van der Waals surface area contributed by atoms with Gasteiger partial charge in [-0.25, -0.2) is 8.78 Å². The summed E-state index contributed by atoms with van der Waals surface area (Å²) in [7, 11) is 0. The van der Waals surface area contributed by atoms with Gasteiger partial charge in [0, 0.05) is 25.0 Å². The zero-order chi connectivity index (χ0) is 18.8. The number of nitrogens with zero attached hydrogens (tertiary/aromatic N) is 2. The lowest BCUT2D eigenvalue weighted by molar-refractivity contribution is -0.140. The third-order valence-corrected chi connectivity index (χ3v) is 5.50. The second-order valence-corrected chi connectivity index (χ2v) is 7.13. The van der Waals surface area contributed by atoms with Crippen molar-refractivity contribution in [2.45, 2.75) is 38.1 Å². The van der Waals surface area contributed by atoms with E-state index in [2.05, 4.69) is 0 Å². The van der Waals surface area contributed by atoms with E-state index in [9.17, 15) is 18.4 Å². The predicted octanol–water partition coefficient (Wildman–Crippen LogP) is 2.47. The molecular weight excluding hydrogens is 342 g/mol. The summed E-state index contributed by atoms with van der Waals surface area (Å²) in [5.41, 5.74) is 0.289. The molecule has 2 atom stereocenters. The van der Waals surface area contributed by atoms with Gasteiger partial charge in [-0.15, -0.1) is 0 Å². The van der Waals surface area contributed by atoms with E-state index in [1.165, 1.54) is 6.07 Å². The molecule has 1 aromatic carbocycles. The van der Waals surface area contributed by atoms with Gasteiger partial charge in [0.1, 0.15) is 11.6 Å². The summed E-state index contributed by atoms with van der Waals surface area (Å²) >= 11 is 0. The SMILES string of the molecule is CCN(CC(=O)O)C1CCN(C(=O)C2CC2c2cc(F)ccc2F)CC1. The van der Waals surface area contributed by atoms with Crippen molar-refractivity contribution in [3.05, 3.63) is 35.4 Å². The molecule has 26 heavy (non-hydrogen) atoms. The molecule has 142 valence electrons. The van der Waals surface area contributed by atoms with Crippen LogP contribution in [0.25, 0.3) is 0 Å². The number of carboxylic acid groups (broad SMARTS) is 1. The number of benzene rings is 1. The Morgan fingerprint density at radius 3 is 2.58 bits per heavy atom. The van der Waals surface area contributed by atoms with Crippen LogP contribution in [0, 0.1) is 17.6 Å². The fourth-order valence-electron chi connectivity index (χ4n) is 3.97. The normalized spacial score (nSPS) is 23.3. The molecule has 1 aliphatic carbocycles. The van der Waals surface area contributed by atoms with Crippen molar-refractivity contribution >= 4 is 11.9 Å². The zero-order valence-electron chi connectivity index (χ0n) is 14.8. The van der Waals surface area contributed by atoms with Crippen molar-refractivity contribution in [3.63, 3.8) is 0 Å². The average Bonchev–Trinajstić information content (AvgIpc) is 3.41. The van der Waals surface area contributed by atoms with Crippen molar-refractivity contribution in [2.24, 2.45) is 5.92 Å². The number of amides is 1. The maximum atomic E-state index is 13.9. The summed E-state index contributed by atoms with van der Waals surface area (Å²) in [6, 6.07) is 3.54. The third kappa shape index (κ3) is 4.03. The molecule has 2 unspecified atom stereocenters. The molecule has 3 rings (SSSR count). The molecule has 2 aliphatic rings. The van der Waals surface area contributed by atoms with Crippen molar-refractivity contribution in [1.29, 1.82) is 0 Å². The minimum absolute atomic E-state index is 0.00149. The number of aliphatic carboxylic acids is 1. The first-order valence-electron chi connectivity index (χ1n) is 9.10. The lowest BCUT2D eigenvalue weighted by atomic mass is 10.0. The monoisotopic (exact) mass is 366 g/mol. The second-order valence-electron chi connectivity index (χ2n) is 7.13. The van der Waals surface area contributed by atoms with Crippen LogP contribution in [0.5, 0.6) is 0 Å². The van der Waals surface area contributed by atoms with Crippen LogP contribution in [0.1, 0.15) is 37.7 Å². The topological polar surface area (TPSA) is 60.9 Å². The molecule has 5 nitrogen and oxygen atoms in total. The quantitative estimate of drug-likeness (QED) is 0.840. The number of likely N-dealkylation sites (tertiary alicyclic amines) is 1. The van der Waals surface area contributed by atoms with Crippen LogP contribution in [0.2, 0.25) is 0 Å². The second kappa shape index (κ2) is 7.70. The summed E-state index contributed by atoms with van der Waals surface area (Å²) in [6.07, 6.45) is 2.02. The summed E-state index contributed by atoms with van der Waals surface area (Å²) in [6.45, 7) is 3.76. The van der Waals surface area contributed by atoms with Crippen LogP contribution in [0.4, 0.5) is 8.78 Å². The number of piperidine rings is 1. The fourth-order valence-corrected chi connectivity index (χ4v) is 3.97. The van der Waals surface area contributed by atoms with Crippen LogP contribution in [0.3, 0.4) is 0 Å². The number of carbonyl (C=O) groups is 2. The Kier molecular flexibility index (Phi) is 5.55. The van der Waals surface area contributed by atoms with Gasteiger partial charge < -0.3 is 10.0 Å². The highest BCUT2D eigenvalue weighted by Gasteiger charge is 2.47. The molecule has 0 radical (unpaired) electrons. The number of halogens is 2. The molecular formula is C19H24F2N2O3. The highest BCUT2D eigenvalue weighted by Crippen LogP contribution is 2.49. The van der Waals surface area contributed by atoms with Gasteiger partial charge in [-0.2, -0.15) is 0 Å². The van der Waals surface area contributed by atoms with Gasteiger partial charge in [0.2, 0.25) is 5.91 Å². The summed E-state index contributed by atoms with van der Waals surface area (Å²) in [4.78, 5) is 27.3. The summed E-state index contributed by atoms with van der Waals surface area (Å²) < 4.78 is 27.2. The lowest BCUT2D eigenvalue weighted by Crippen LogP contribution is -2.48. The Morgan fingerprint density at radius 2 is 1.96 bits per heavy atom. The molecule has 2 fully saturated rings. The van der Waals surface area contributed by atoms with Crippen LogP contribution in [-0.2, 0) is 9.59 Å². The minimum atomic E-state index is -0.844. The molecule has 7 heteroatoms. The van der Waals surface area contributed by atoms with E-state index >= 15 is 0 Å². The third-order valence-electron chi connectivity index (χ3n) is 5.50. The average molecular weight is 366 g/mol. The molecule has 1 saturated carbocycles. The number of likely N-dealkylation sites (N-methyl/N-ethyl adjacent to an activating group) is 1. The molecule has 1 aliphatic heterocycles. The van der Waals surface area contributed by atoms with Crippen LogP contribution in [0.15, 0.2) is 18.2 Å². The molecule has 1 aromatic rings. The Bertz CT molecular complexity index is 689. The van der Waals surface area contributed by atoms with E-state index in [4.69, 9.17) is 5.11 Å². The van der Waals surface area contributed by atoms with Gasteiger partial charge in [0.05, 0.1) is 6.54 Å². The van der Waals surface area contributed by atoms with Crippen LogP contribution in [-0.4, -0.2) is 59.0 Å². The van der Waals surface area contributed by atoms with E-state index in [1.54, 1.807) is 4.90 Å². The fraction of sp³-hybridized carbons (Fsp3) is 0.579. The van der Waals surface area contributed by atoms with Crippen molar-refractivity contribution in [2.75, 3.05) is 26.2 Å². The first kappa shape index (κ1) is 18.8. The standard InChI is InChI=1S/C19H24F2N2O3/c1-2-22(11-18(24)25)13-5-7-23(8-6-13)19(26)16-10-14(16)15-9-12(20)3-4-17(15)21/h3-4,9,13-14,16H,2,5-8,10-11H2,1H3,(H,24,25). The first-order chi connectivity index (χ1) is 12.4. The van der Waals surface area contributed by atoms with Crippen molar-refractivity contribution in [3.8, 4) is 0 Å². The summed E-state index contributed by atoms with van der Waals surface area (Å²) in [5.74, 6) is -2.31. The summed E-state index contributed by atoms with van der Waals surface area (Å²) in [5, 5.41) is 8.98. The van der Waals surface area contributed by atoms with Gasteiger partial charge in [0.25, 0.3) is 0 Å². The van der Waals surface area contributed by atoms with Crippen molar-refractivity contribution in [1.82, 2.24) is 9.80 Å². The molecule has 1 amide bonds. The van der Waals surface area contributed by atoms with Crippen LogP contribution < -0.4 is 0 Å². The number of carbonyl (C=O) groups excluding carboxylic acids is 1. The highest BCUT2D eigenvalue weighted by molar-refractivity contribution is 5.83. The van der Waals surface area contributed by atoms with Gasteiger partial charge in [-0.05, 0) is 55.5 Å². The largest absolute Gasteiger partial charge is 0.480 e. The molecule has 1 N–H and O–H groups in total. The Labute approximate surface area is 151 Å². The van der Waals surface area contributed by atoms with Gasteiger partial charge >= 0.3 is 5.97 Å². The Hall–Kier alpha value is -2.02. The molecule has 1 saturated heterocycles. The molecule has 0 bridgehead atoms. The Morgan fingerprint density at radius 1 is 1.27 bits per heavy atom. The lowest BCUT2D eigenvalue weighted by Gasteiger charge is -2.37. The maximum Gasteiger partial charge on any atom is 0.317 e. The molecule has 1 heterocycles. The predicted molar refractivity (Wildman–Crippen MR) is 91.7 cm³/mol. The van der Waals surface area contributed by atoms with E-state index in [0.29, 0.717) is 26.1 Å². The van der Waals surface area contributed by atoms with E-state index in [0.717, 1.165) is 25.0 Å². The molecule has 0 spiro atoms. The highest BCUT2D eigenvalue weighted by atomic mass is 19.1. The number of carboxylic acids is 1. The van der Waals surface area contributed by atoms with E-state index in [-0.39, 0.29) is 35.9 Å². The van der Waals surface area contributed by atoms with Gasteiger partial charge in [-0.3, -0.25) is 14.5 Å². The minimum Gasteiger partial charge on any atom is -0.480 e. The first-order valence-corrected chi connectivity index (χ1v) is 9.10. The maximum absolute atomic E-state index is 13.9. The number of hydrogen-bond acceptors (Lipinski definition) is 3. The van der Waals surface area contributed by atoms with Crippen molar-refractivity contribution < 1.29 is 23.5 Å².